The van der Waals surface area contributed by atoms with Gasteiger partial charge in [-0.1, -0.05) is 19.1 Å². The summed E-state index contributed by atoms with van der Waals surface area (Å²) < 4.78 is 0. The number of nitrogens with one attached hydrogen (secondary N) is 3. The van der Waals surface area contributed by atoms with Crippen LogP contribution in [0.5, 0.6) is 0 Å². The molecule has 6 heteroatoms. The average Bonchev–Trinajstić information content (AvgIpc) is 2.67. The standard InChI is InChI=1S/C21H32N4O2/c1-16-5-3-7-18(13-16)24-20(27)25-12-4-6-17(14-25)19(26)23-15-21(2)8-10-22-11-9-21/h3,5,7,13,17,22H,4,6,8-12,14-15H2,1-2H3,(H,23,26)(H,24,27). The highest BCUT2D eigenvalue weighted by Gasteiger charge is 2.31. The number of likely N-dealkylation sites (tertiary alicyclic amines) is 1. The van der Waals surface area contributed by atoms with Crippen LogP contribution in [0.1, 0.15) is 38.2 Å². The molecule has 0 saturated carbocycles. The summed E-state index contributed by atoms with van der Waals surface area (Å²) in [6, 6.07) is 7.65. The van der Waals surface area contributed by atoms with Crippen LogP contribution in [-0.4, -0.2) is 49.6 Å². The smallest absolute Gasteiger partial charge is 0.321 e. The van der Waals surface area contributed by atoms with E-state index in [0.29, 0.717) is 13.1 Å². The number of aryl methyl sites for hydroxylation is 1. The molecule has 2 aliphatic rings. The van der Waals surface area contributed by atoms with Gasteiger partial charge < -0.3 is 20.9 Å². The van der Waals surface area contributed by atoms with Gasteiger partial charge in [0.05, 0.1) is 5.92 Å². The lowest BCUT2D eigenvalue weighted by Crippen LogP contribution is -2.49. The van der Waals surface area contributed by atoms with Gasteiger partial charge in [0.25, 0.3) is 0 Å². The molecule has 1 aromatic rings. The molecule has 1 atom stereocenters. The molecular formula is C21H32N4O2. The Morgan fingerprint density at radius 2 is 2.07 bits per heavy atom. The number of piperidine rings is 2. The van der Waals surface area contributed by atoms with Crippen molar-refractivity contribution in [1.29, 1.82) is 0 Å². The van der Waals surface area contributed by atoms with E-state index in [0.717, 1.165) is 56.6 Å². The number of hydrogen-bond donors (Lipinski definition) is 3. The van der Waals surface area contributed by atoms with Gasteiger partial charge in [-0.3, -0.25) is 4.79 Å². The van der Waals surface area contributed by atoms with Crippen molar-refractivity contribution in [3.05, 3.63) is 29.8 Å². The first-order valence-electron chi connectivity index (χ1n) is 10.1. The van der Waals surface area contributed by atoms with Crippen molar-refractivity contribution >= 4 is 17.6 Å². The van der Waals surface area contributed by atoms with Gasteiger partial charge in [0.1, 0.15) is 0 Å². The number of urea groups is 1. The van der Waals surface area contributed by atoms with Gasteiger partial charge in [-0.2, -0.15) is 0 Å². The highest BCUT2D eigenvalue weighted by molar-refractivity contribution is 5.90. The van der Waals surface area contributed by atoms with Crippen LogP contribution in [0.2, 0.25) is 0 Å². The highest BCUT2D eigenvalue weighted by atomic mass is 16.2. The molecule has 0 bridgehead atoms. The minimum absolute atomic E-state index is 0.0859. The van der Waals surface area contributed by atoms with Crippen LogP contribution in [-0.2, 0) is 4.79 Å². The fraction of sp³-hybridized carbons (Fsp3) is 0.619. The number of nitrogens with zero attached hydrogens (tertiary/aromatic N) is 1. The lowest BCUT2D eigenvalue weighted by Gasteiger charge is -2.36. The van der Waals surface area contributed by atoms with E-state index in [1.54, 1.807) is 4.90 Å². The first-order valence-corrected chi connectivity index (χ1v) is 10.1. The Hall–Kier alpha value is -2.08. The number of anilines is 1. The molecule has 3 N–H and O–H groups in total. The Morgan fingerprint density at radius 3 is 2.81 bits per heavy atom. The quantitative estimate of drug-likeness (QED) is 0.761. The molecule has 148 valence electrons. The molecular weight excluding hydrogens is 340 g/mol. The SMILES string of the molecule is Cc1cccc(NC(=O)N2CCCC(C(=O)NCC3(C)CCNCC3)C2)c1. The van der Waals surface area contributed by atoms with Gasteiger partial charge in [-0.25, -0.2) is 4.79 Å². The van der Waals surface area contributed by atoms with Crippen LogP contribution < -0.4 is 16.0 Å². The van der Waals surface area contributed by atoms with E-state index in [-0.39, 0.29) is 23.3 Å². The number of carbonyl (C=O) groups is 2. The fourth-order valence-corrected chi connectivity index (χ4v) is 3.95. The van der Waals surface area contributed by atoms with Crippen molar-refractivity contribution in [3.8, 4) is 0 Å². The van der Waals surface area contributed by atoms with Gasteiger partial charge in [-0.15, -0.1) is 0 Å². The topological polar surface area (TPSA) is 73.5 Å². The van der Waals surface area contributed by atoms with Gasteiger partial charge in [0, 0.05) is 25.3 Å². The fourth-order valence-electron chi connectivity index (χ4n) is 3.95. The zero-order valence-electron chi connectivity index (χ0n) is 16.5. The van der Waals surface area contributed by atoms with Crippen LogP contribution in [0, 0.1) is 18.3 Å². The van der Waals surface area contributed by atoms with Gasteiger partial charge in [-0.05, 0) is 68.8 Å². The molecule has 0 radical (unpaired) electrons. The molecule has 2 saturated heterocycles. The van der Waals surface area contributed by atoms with Crippen LogP contribution in [0.3, 0.4) is 0 Å². The molecule has 0 spiro atoms. The summed E-state index contributed by atoms with van der Waals surface area (Å²) in [6.07, 6.45) is 3.88. The Kier molecular flexibility index (Phi) is 6.37. The third kappa shape index (κ3) is 5.45. The maximum absolute atomic E-state index is 12.7. The number of rotatable bonds is 4. The van der Waals surface area contributed by atoms with Crippen molar-refractivity contribution < 1.29 is 9.59 Å². The predicted octanol–water partition coefficient (Wildman–Crippen LogP) is 2.74. The maximum atomic E-state index is 12.7. The normalized spacial score (nSPS) is 22.1. The van der Waals surface area contributed by atoms with Gasteiger partial charge in [0.2, 0.25) is 5.91 Å². The van der Waals surface area contributed by atoms with Gasteiger partial charge >= 0.3 is 6.03 Å². The Balaban J connectivity index is 1.50. The summed E-state index contributed by atoms with van der Waals surface area (Å²) in [5.74, 6) is -0.0323. The molecule has 2 aliphatic heterocycles. The second-order valence-corrected chi connectivity index (χ2v) is 8.36. The van der Waals surface area contributed by atoms with E-state index in [2.05, 4.69) is 22.9 Å². The van der Waals surface area contributed by atoms with E-state index < -0.39 is 0 Å². The summed E-state index contributed by atoms with van der Waals surface area (Å²) >= 11 is 0. The maximum Gasteiger partial charge on any atom is 0.321 e. The molecule has 2 heterocycles. The molecule has 3 rings (SSSR count). The molecule has 1 unspecified atom stereocenters. The van der Waals surface area contributed by atoms with Crippen molar-refractivity contribution in [3.63, 3.8) is 0 Å². The molecule has 6 nitrogen and oxygen atoms in total. The van der Waals surface area contributed by atoms with Crippen molar-refractivity contribution in [2.24, 2.45) is 11.3 Å². The summed E-state index contributed by atoms with van der Waals surface area (Å²) in [6.45, 7) is 8.19. The minimum atomic E-state index is -0.122. The second-order valence-electron chi connectivity index (χ2n) is 8.36. The predicted molar refractivity (Wildman–Crippen MR) is 108 cm³/mol. The van der Waals surface area contributed by atoms with E-state index in [9.17, 15) is 9.59 Å². The lowest BCUT2D eigenvalue weighted by atomic mass is 9.81. The van der Waals surface area contributed by atoms with Crippen LogP contribution in [0.4, 0.5) is 10.5 Å². The highest BCUT2D eigenvalue weighted by Crippen LogP contribution is 2.27. The summed E-state index contributed by atoms with van der Waals surface area (Å²) in [5.41, 5.74) is 2.08. The third-order valence-corrected chi connectivity index (χ3v) is 5.85. The first-order chi connectivity index (χ1) is 13.0. The molecule has 2 fully saturated rings. The Bertz CT molecular complexity index is 670. The number of hydrogen-bond acceptors (Lipinski definition) is 3. The zero-order valence-corrected chi connectivity index (χ0v) is 16.5. The van der Waals surface area contributed by atoms with E-state index in [1.165, 1.54) is 0 Å². The average molecular weight is 373 g/mol. The molecule has 1 aromatic carbocycles. The minimum Gasteiger partial charge on any atom is -0.355 e. The van der Waals surface area contributed by atoms with Crippen molar-refractivity contribution in [2.45, 2.75) is 39.5 Å². The van der Waals surface area contributed by atoms with Crippen molar-refractivity contribution in [1.82, 2.24) is 15.5 Å². The second kappa shape index (κ2) is 8.74. The zero-order chi connectivity index (χ0) is 19.3. The van der Waals surface area contributed by atoms with Crippen molar-refractivity contribution in [2.75, 3.05) is 38.0 Å². The molecule has 3 amide bonds. The van der Waals surface area contributed by atoms with Crippen LogP contribution in [0.25, 0.3) is 0 Å². The molecule has 0 aliphatic carbocycles. The molecule has 0 aromatic heterocycles. The first kappa shape index (κ1) is 19.7. The lowest BCUT2D eigenvalue weighted by molar-refractivity contribution is -0.126. The number of carbonyl (C=O) groups excluding carboxylic acids is 2. The monoisotopic (exact) mass is 372 g/mol. The van der Waals surface area contributed by atoms with Gasteiger partial charge in [0.15, 0.2) is 0 Å². The molecule has 27 heavy (non-hydrogen) atoms. The number of amides is 3. The van der Waals surface area contributed by atoms with E-state index in [4.69, 9.17) is 0 Å². The summed E-state index contributed by atoms with van der Waals surface area (Å²) in [5, 5.41) is 9.47. The summed E-state index contributed by atoms with van der Waals surface area (Å²) in [4.78, 5) is 27.0. The van der Waals surface area contributed by atoms with E-state index in [1.807, 2.05) is 31.2 Å². The summed E-state index contributed by atoms with van der Waals surface area (Å²) in [7, 11) is 0. The Labute approximate surface area is 162 Å². The van der Waals surface area contributed by atoms with Crippen LogP contribution in [0.15, 0.2) is 24.3 Å². The van der Waals surface area contributed by atoms with Crippen LogP contribution >= 0.6 is 0 Å². The van der Waals surface area contributed by atoms with E-state index >= 15 is 0 Å². The third-order valence-electron chi connectivity index (χ3n) is 5.85. The Morgan fingerprint density at radius 1 is 1.30 bits per heavy atom. The largest absolute Gasteiger partial charge is 0.355 e. The number of benzene rings is 1.